The van der Waals surface area contributed by atoms with E-state index in [1.54, 1.807) is 12.2 Å². The zero-order valence-electron chi connectivity index (χ0n) is 5.46. The maximum absolute atomic E-state index is 8.42. The van der Waals surface area contributed by atoms with E-state index in [1.165, 1.54) is 0 Å². The zero-order valence-corrected chi connectivity index (χ0v) is 5.46. The van der Waals surface area contributed by atoms with Crippen molar-refractivity contribution in [3.63, 3.8) is 0 Å². The van der Waals surface area contributed by atoms with Gasteiger partial charge in [-0.1, -0.05) is 0 Å². The number of nitriles is 2. The molecule has 0 radical (unpaired) electrons. The first-order valence-corrected chi connectivity index (χ1v) is 3.07. The van der Waals surface area contributed by atoms with Crippen LogP contribution in [0.4, 0.5) is 0 Å². The van der Waals surface area contributed by atoms with E-state index in [4.69, 9.17) is 10.5 Å². The fraction of sp³-hybridized carbons (Fsp3) is 0.250. The van der Waals surface area contributed by atoms with Gasteiger partial charge >= 0.3 is 0 Å². The molecule has 48 valence electrons. The van der Waals surface area contributed by atoms with E-state index < -0.39 is 0 Å². The van der Waals surface area contributed by atoms with Gasteiger partial charge in [-0.15, -0.1) is 0 Å². The molecule has 2 heteroatoms. The first-order chi connectivity index (χ1) is 4.86. The monoisotopic (exact) mass is 130 g/mol. The Kier molecular flexibility index (Phi) is 1.87. The van der Waals surface area contributed by atoms with E-state index in [2.05, 4.69) is 12.1 Å². The number of allylic oxidation sites excluding steroid dienone is 4. The van der Waals surface area contributed by atoms with Crippen molar-refractivity contribution in [2.75, 3.05) is 0 Å². The fourth-order valence-corrected chi connectivity index (χ4v) is 0.824. The smallest absolute Gasteiger partial charge is 0.0947 e. The summed E-state index contributed by atoms with van der Waals surface area (Å²) < 4.78 is 0. The minimum absolute atomic E-state index is 0.718. The predicted molar refractivity (Wildman–Crippen MR) is 36.6 cm³/mol. The molecule has 2 nitrogen and oxygen atoms in total. The van der Waals surface area contributed by atoms with Gasteiger partial charge in [0, 0.05) is 11.1 Å². The summed E-state index contributed by atoms with van der Waals surface area (Å²) in [4.78, 5) is 0. The van der Waals surface area contributed by atoms with Crippen molar-refractivity contribution in [1.82, 2.24) is 0 Å². The van der Waals surface area contributed by atoms with Crippen LogP contribution in [0, 0.1) is 22.7 Å². The van der Waals surface area contributed by atoms with Crippen molar-refractivity contribution in [2.45, 2.75) is 12.8 Å². The summed E-state index contributed by atoms with van der Waals surface area (Å²) in [5.41, 5.74) is 1.53. The normalized spacial score (nSPS) is 16.2. The topological polar surface area (TPSA) is 47.6 Å². The van der Waals surface area contributed by atoms with Crippen LogP contribution < -0.4 is 0 Å². The molecule has 0 N–H and O–H groups in total. The number of hydrogen-bond donors (Lipinski definition) is 0. The molecule has 0 heterocycles. The molecule has 0 saturated carbocycles. The van der Waals surface area contributed by atoms with Gasteiger partial charge in [-0.25, -0.2) is 0 Å². The van der Waals surface area contributed by atoms with Gasteiger partial charge in [0.15, 0.2) is 0 Å². The summed E-state index contributed by atoms with van der Waals surface area (Å²) in [5, 5.41) is 16.8. The Morgan fingerprint density at radius 2 is 1.40 bits per heavy atom. The minimum Gasteiger partial charge on any atom is -0.193 e. The molecule has 1 rings (SSSR count). The Hall–Kier alpha value is -1.54. The van der Waals surface area contributed by atoms with Crippen molar-refractivity contribution in [1.29, 1.82) is 10.5 Å². The van der Waals surface area contributed by atoms with Gasteiger partial charge in [0.1, 0.15) is 0 Å². The molecule has 0 amide bonds. The highest BCUT2D eigenvalue weighted by atomic mass is 14.3. The second-order valence-corrected chi connectivity index (χ2v) is 2.11. The standard InChI is InChI=1S/C8H6N2/c9-5-7-1-2-8(6-10)4-3-7/h1-2H,3-4H2. The van der Waals surface area contributed by atoms with E-state index in [0.717, 1.165) is 24.0 Å². The molecule has 0 bridgehead atoms. The second-order valence-electron chi connectivity index (χ2n) is 2.11. The lowest BCUT2D eigenvalue weighted by molar-refractivity contribution is 0.958. The molecule has 0 atom stereocenters. The lowest BCUT2D eigenvalue weighted by Crippen LogP contribution is -1.88. The van der Waals surface area contributed by atoms with E-state index in [1.807, 2.05) is 0 Å². The predicted octanol–water partition coefficient (Wildman–Crippen LogP) is 1.68. The Labute approximate surface area is 59.7 Å². The third-order valence-electron chi connectivity index (χ3n) is 1.44. The fourth-order valence-electron chi connectivity index (χ4n) is 0.824. The van der Waals surface area contributed by atoms with Crippen LogP contribution in [-0.2, 0) is 0 Å². The molecule has 0 saturated heterocycles. The van der Waals surface area contributed by atoms with Crippen LogP contribution in [0.15, 0.2) is 23.3 Å². The highest BCUT2D eigenvalue weighted by Gasteiger charge is 2.03. The second kappa shape index (κ2) is 2.85. The van der Waals surface area contributed by atoms with Gasteiger partial charge in [0.25, 0.3) is 0 Å². The van der Waals surface area contributed by atoms with Crippen LogP contribution in [0.1, 0.15) is 12.8 Å². The molecule has 1 aliphatic carbocycles. The van der Waals surface area contributed by atoms with Gasteiger partial charge in [-0.2, -0.15) is 10.5 Å². The first-order valence-electron chi connectivity index (χ1n) is 3.07. The largest absolute Gasteiger partial charge is 0.193 e. The van der Waals surface area contributed by atoms with Crippen LogP contribution in [-0.4, -0.2) is 0 Å². The number of rotatable bonds is 0. The number of hydrogen-bond acceptors (Lipinski definition) is 2. The zero-order chi connectivity index (χ0) is 7.40. The first kappa shape index (κ1) is 6.58. The van der Waals surface area contributed by atoms with Crippen LogP contribution in [0.3, 0.4) is 0 Å². The summed E-state index contributed by atoms with van der Waals surface area (Å²) in [7, 11) is 0. The van der Waals surface area contributed by atoms with E-state index in [-0.39, 0.29) is 0 Å². The quantitative estimate of drug-likeness (QED) is 0.500. The Morgan fingerprint density at radius 3 is 1.60 bits per heavy atom. The van der Waals surface area contributed by atoms with E-state index >= 15 is 0 Å². The maximum atomic E-state index is 8.42. The summed E-state index contributed by atoms with van der Waals surface area (Å²) in [6, 6.07) is 4.11. The van der Waals surface area contributed by atoms with Crippen LogP contribution in [0.5, 0.6) is 0 Å². The Morgan fingerprint density at radius 1 is 1.00 bits per heavy atom. The highest BCUT2D eigenvalue weighted by Crippen LogP contribution is 2.16. The lowest BCUT2D eigenvalue weighted by atomic mass is 10.0. The molecule has 10 heavy (non-hydrogen) atoms. The van der Waals surface area contributed by atoms with Gasteiger partial charge in [-0.3, -0.25) is 0 Å². The summed E-state index contributed by atoms with van der Waals surface area (Å²) in [6.07, 6.45) is 4.86. The average Bonchev–Trinajstić information content (AvgIpc) is 2.05. The summed E-state index contributed by atoms with van der Waals surface area (Å²) >= 11 is 0. The minimum atomic E-state index is 0.718. The molecule has 0 fully saturated rings. The molecule has 0 unspecified atom stereocenters. The van der Waals surface area contributed by atoms with Gasteiger partial charge in [0.2, 0.25) is 0 Å². The maximum Gasteiger partial charge on any atom is 0.0947 e. The third kappa shape index (κ3) is 1.24. The molecular formula is C8H6N2. The van der Waals surface area contributed by atoms with Crippen molar-refractivity contribution in [2.24, 2.45) is 0 Å². The molecule has 0 aliphatic heterocycles. The Bertz CT molecular complexity index is 241. The number of nitrogens with zero attached hydrogens (tertiary/aromatic N) is 2. The van der Waals surface area contributed by atoms with Crippen molar-refractivity contribution < 1.29 is 0 Å². The van der Waals surface area contributed by atoms with Gasteiger partial charge in [0.05, 0.1) is 12.1 Å². The lowest BCUT2D eigenvalue weighted by Gasteiger charge is -2.01. The van der Waals surface area contributed by atoms with Crippen molar-refractivity contribution in [3.05, 3.63) is 23.3 Å². The SMILES string of the molecule is N#CC1=CC=C(C#N)CC1. The van der Waals surface area contributed by atoms with Crippen molar-refractivity contribution >= 4 is 0 Å². The molecular weight excluding hydrogens is 124 g/mol. The van der Waals surface area contributed by atoms with Gasteiger partial charge < -0.3 is 0 Å². The summed E-state index contributed by atoms with van der Waals surface area (Å²) in [6.45, 7) is 0. The Balaban J connectivity index is 2.79. The van der Waals surface area contributed by atoms with Crippen LogP contribution in [0.25, 0.3) is 0 Å². The third-order valence-corrected chi connectivity index (χ3v) is 1.44. The summed E-state index contributed by atoms with van der Waals surface area (Å²) in [5.74, 6) is 0. The van der Waals surface area contributed by atoms with Gasteiger partial charge in [-0.05, 0) is 25.0 Å². The van der Waals surface area contributed by atoms with Crippen LogP contribution >= 0.6 is 0 Å². The van der Waals surface area contributed by atoms with E-state index in [9.17, 15) is 0 Å². The van der Waals surface area contributed by atoms with Crippen molar-refractivity contribution in [3.8, 4) is 12.1 Å². The average molecular weight is 130 g/mol. The molecule has 0 aromatic carbocycles. The molecule has 1 aliphatic rings. The van der Waals surface area contributed by atoms with E-state index in [0.29, 0.717) is 0 Å². The van der Waals surface area contributed by atoms with Crippen LogP contribution in [0.2, 0.25) is 0 Å². The molecule has 0 spiro atoms. The molecule has 0 aromatic heterocycles. The molecule has 0 aromatic rings. The highest BCUT2D eigenvalue weighted by molar-refractivity contribution is 5.37.